The van der Waals surface area contributed by atoms with E-state index in [1.807, 2.05) is 36.4 Å². The molecule has 0 bridgehead atoms. The van der Waals surface area contributed by atoms with Gasteiger partial charge in [0.15, 0.2) is 0 Å². The molecule has 2 amide bonds. The zero-order valence-corrected chi connectivity index (χ0v) is 17.0. The average molecular weight is 421 g/mol. The number of fused-ring (bicyclic) bond motifs is 1. The van der Waals surface area contributed by atoms with Gasteiger partial charge in [0.05, 0.1) is 16.8 Å². The number of phenolic OH excluding ortho intramolecular Hbond substituents is 2. The molecule has 2 N–H and O–H groups in total. The van der Waals surface area contributed by atoms with Crippen LogP contribution in [0.1, 0.15) is 43.3 Å². The molecule has 1 aliphatic rings. The van der Waals surface area contributed by atoms with E-state index in [1.165, 1.54) is 4.90 Å². The Labute approximate surface area is 184 Å². The summed E-state index contributed by atoms with van der Waals surface area (Å²) in [7, 11) is 0. The third kappa shape index (κ3) is 3.30. The third-order valence-electron chi connectivity index (χ3n) is 5.73. The van der Waals surface area contributed by atoms with Crippen molar-refractivity contribution in [2.24, 2.45) is 0 Å². The first-order valence-corrected chi connectivity index (χ1v) is 10.2. The normalized spacial score (nSPS) is 13.0. The van der Waals surface area contributed by atoms with E-state index in [1.54, 1.807) is 60.7 Å². The lowest BCUT2D eigenvalue weighted by molar-refractivity contribution is 0.0926. The number of rotatable bonds is 4. The van der Waals surface area contributed by atoms with E-state index in [-0.39, 0.29) is 29.2 Å². The van der Waals surface area contributed by atoms with Crippen LogP contribution in [0.2, 0.25) is 0 Å². The van der Waals surface area contributed by atoms with Crippen molar-refractivity contribution >= 4 is 17.5 Å². The summed E-state index contributed by atoms with van der Waals surface area (Å²) in [6.07, 6.45) is 0. The van der Waals surface area contributed by atoms with E-state index in [0.717, 1.165) is 16.7 Å². The third-order valence-corrected chi connectivity index (χ3v) is 5.73. The van der Waals surface area contributed by atoms with Crippen molar-refractivity contribution in [2.75, 3.05) is 4.90 Å². The van der Waals surface area contributed by atoms with Crippen LogP contribution in [0.4, 0.5) is 5.69 Å². The molecule has 1 heterocycles. The number of anilines is 1. The predicted octanol–water partition coefficient (Wildman–Crippen LogP) is 5.08. The first-order chi connectivity index (χ1) is 15.5. The van der Waals surface area contributed by atoms with E-state index in [0.29, 0.717) is 16.8 Å². The molecule has 5 rings (SSSR count). The van der Waals surface area contributed by atoms with Crippen molar-refractivity contribution in [2.45, 2.75) is 5.92 Å². The Kier molecular flexibility index (Phi) is 4.71. The zero-order chi connectivity index (χ0) is 22.2. The van der Waals surface area contributed by atoms with Gasteiger partial charge in [0.2, 0.25) is 0 Å². The van der Waals surface area contributed by atoms with Gasteiger partial charge >= 0.3 is 0 Å². The Hall–Kier alpha value is -4.38. The quantitative estimate of drug-likeness (QED) is 0.356. The highest BCUT2D eigenvalue weighted by Gasteiger charge is 2.36. The molecule has 0 spiro atoms. The van der Waals surface area contributed by atoms with Gasteiger partial charge in [-0.25, -0.2) is 4.90 Å². The second-order valence-electron chi connectivity index (χ2n) is 7.70. The lowest BCUT2D eigenvalue weighted by Gasteiger charge is -2.21. The lowest BCUT2D eigenvalue weighted by atomic mass is 9.85. The van der Waals surface area contributed by atoms with Crippen LogP contribution in [0.3, 0.4) is 0 Å². The van der Waals surface area contributed by atoms with E-state index in [2.05, 4.69) is 0 Å². The number of amides is 2. The molecule has 0 saturated carbocycles. The van der Waals surface area contributed by atoms with Crippen LogP contribution in [0.15, 0.2) is 97.1 Å². The fourth-order valence-electron chi connectivity index (χ4n) is 4.15. The molecule has 1 aliphatic heterocycles. The molecule has 0 fully saturated rings. The first kappa shape index (κ1) is 19.6. The fraction of sp³-hybridized carbons (Fsp3) is 0.0370. The SMILES string of the molecule is O=C1c2ccccc2C(=O)N1c1ccc(C(c2ccc(O)cc2)c2ccc(O)cc2)cc1. The van der Waals surface area contributed by atoms with E-state index >= 15 is 0 Å². The van der Waals surface area contributed by atoms with Gasteiger partial charge in [0, 0.05) is 5.92 Å². The van der Waals surface area contributed by atoms with E-state index in [9.17, 15) is 19.8 Å². The minimum atomic E-state index is -0.327. The van der Waals surface area contributed by atoms with Gasteiger partial charge in [0.1, 0.15) is 11.5 Å². The molecule has 4 aromatic carbocycles. The van der Waals surface area contributed by atoms with Crippen molar-refractivity contribution in [3.05, 3.63) is 125 Å². The van der Waals surface area contributed by atoms with Crippen LogP contribution in [0, 0.1) is 0 Å². The predicted molar refractivity (Wildman–Crippen MR) is 121 cm³/mol. The summed E-state index contributed by atoms with van der Waals surface area (Å²) in [4.78, 5) is 26.8. The van der Waals surface area contributed by atoms with Gasteiger partial charge in [-0.2, -0.15) is 0 Å². The van der Waals surface area contributed by atoms with E-state index < -0.39 is 0 Å². The number of aromatic hydroxyl groups is 2. The minimum absolute atomic E-state index is 0.160. The number of carbonyl (C=O) groups is 2. The number of nitrogens with zero attached hydrogens (tertiary/aromatic N) is 1. The van der Waals surface area contributed by atoms with Crippen LogP contribution in [0.5, 0.6) is 11.5 Å². The highest BCUT2D eigenvalue weighted by Crippen LogP contribution is 2.35. The highest BCUT2D eigenvalue weighted by atomic mass is 16.3. The largest absolute Gasteiger partial charge is 0.508 e. The molecule has 4 aromatic rings. The van der Waals surface area contributed by atoms with Crippen LogP contribution in [0.25, 0.3) is 0 Å². The maximum absolute atomic E-state index is 12.8. The monoisotopic (exact) mass is 421 g/mol. The topological polar surface area (TPSA) is 77.8 Å². The Morgan fingerprint density at radius 2 is 0.906 bits per heavy atom. The first-order valence-electron chi connectivity index (χ1n) is 10.2. The Bertz CT molecular complexity index is 1230. The molecule has 5 nitrogen and oxygen atoms in total. The standard InChI is InChI=1S/C27H19NO4/c29-21-13-7-18(8-14-21)25(19-9-15-22(30)16-10-19)17-5-11-20(12-6-17)28-26(31)23-3-1-2-4-24(23)27(28)32/h1-16,25,29-30H. The molecule has 156 valence electrons. The van der Waals surface area contributed by atoms with Gasteiger partial charge < -0.3 is 10.2 Å². The van der Waals surface area contributed by atoms with E-state index in [4.69, 9.17) is 0 Å². The number of hydrogen-bond donors (Lipinski definition) is 2. The van der Waals surface area contributed by atoms with Crippen molar-refractivity contribution < 1.29 is 19.8 Å². The van der Waals surface area contributed by atoms with Crippen molar-refractivity contribution in [3.63, 3.8) is 0 Å². The summed E-state index contributed by atoms with van der Waals surface area (Å²) in [6, 6.07) is 28.1. The molecule has 0 radical (unpaired) electrons. The molecule has 0 atom stereocenters. The number of phenols is 2. The maximum Gasteiger partial charge on any atom is 0.266 e. The maximum atomic E-state index is 12.8. The summed E-state index contributed by atoms with van der Waals surface area (Å²) in [5, 5.41) is 19.4. The van der Waals surface area contributed by atoms with Gasteiger partial charge in [-0.05, 0) is 65.2 Å². The van der Waals surface area contributed by atoms with Crippen LogP contribution < -0.4 is 4.90 Å². The zero-order valence-electron chi connectivity index (χ0n) is 17.0. The second-order valence-corrected chi connectivity index (χ2v) is 7.70. The average Bonchev–Trinajstić information content (AvgIpc) is 3.07. The summed E-state index contributed by atoms with van der Waals surface area (Å²) in [6.45, 7) is 0. The Morgan fingerprint density at radius 1 is 0.531 bits per heavy atom. The van der Waals surface area contributed by atoms with Gasteiger partial charge in [0.25, 0.3) is 11.8 Å². The molecule has 0 aliphatic carbocycles. The van der Waals surface area contributed by atoms with Gasteiger partial charge in [-0.1, -0.05) is 48.5 Å². The Morgan fingerprint density at radius 3 is 1.31 bits per heavy atom. The molecule has 0 aromatic heterocycles. The van der Waals surface area contributed by atoms with Crippen molar-refractivity contribution in [3.8, 4) is 11.5 Å². The second kappa shape index (κ2) is 7.71. The summed E-state index contributed by atoms with van der Waals surface area (Å²) >= 11 is 0. The molecular formula is C27H19NO4. The summed E-state index contributed by atoms with van der Waals surface area (Å²) in [5.41, 5.74) is 4.20. The van der Waals surface area contributed by atoms with Crippen molar-refractivity contribution in [1.29, 1.82) is 0 Å². The molecule has 32 heavy (non-hydrogen) atoms. The van der Waals surface area contributed by atoms with Gasteiger partial charge in [-0.15, -0.1) is 0 Å². The number of imide groups is 1. The fourth-order valence-corrected chi connectivity index (χ4v) is 4.15. The number of hydrogen-bond acceptors (Lipinski definition) is 4. The van der Waals surface area contributed by atoms with Crippen LogP contribution in [-0.2, 0) is 0 Å². The Balaban J connectivity index is 1.53. The minimum Gasteiger partial charge on any atom is -0.508 e. The van der Waals surface area contributed by atoms with Crippen molar-refractivity contribution in [1.82, 2.24) is 0 Å². The lowest BCUT2D eigenvalue weighted by Crippen LogP contribution is -2.29. The molecular weight excluding hydrogens is 402 g/mol. The molecule has 0 saturated heterocycles. The summed E-state index contributed by atoms with van der Waals surface area (Å²) in [5.74, 6) is -0.454. The van der Waals surface area contributed by atoms with Crippen LogP contribution in [-0.4, -0.2) is 22.0 Å². The summed E-state index contributed by atoms with van der Waals surface area (Å²) < 4.78 is 0. The highest BCUT2D eigenvalue weighted by molar-refractivity contribution is 6.34. The van der Waals surface area contributed by atoms with Crippen LogP contribution >= 0.6 is 0 Å². The number of carbonyl (C=O) groups excluding carboxylic acids is 2. The van der Waals surface area contributed by atoms with Gasteiger partial charge in [-0.3, -0.25) is 9.59 Å². The molecule has 0 unspecified atom stereocenters. The number of benzene rings is 4. The smallest absolute Gasteiger partial charge is 0.266 e. The molecule has 5 heteroatoms.